The summed E-state index contributed by atoms with van der Waals surface area (Å²) in [6.07, 6.45) is 2.89. The third-order valence-corrected chi connectivity index (χ3v) is 5.07. The zero-order chi connectivity index (χ0) is 12.8. The molecule has 3 aliphatic rings. The molecular formula is C12H19N3O2S. The molecule has 3 fully saturated rings. The molecule has 0 aromatic carbocycles. The lowest BCUT2D eigenvalue weighted by Crippen LogP contribution is -2.54. The van der Waals surface area contributed by atoms with Crippen LogP contribution in [0.1, 0.15) is 19.3 Å². The van der Waals surface area contributed by atoms with E-state index >= 15 is 0 Å². The smallest absolute Gasteiger partial charge is 0.317 e. The predicted octanol–water partition coefficient (Wildman–Crippen LogP) is 0.323. The van der Waals surface area contributed by atoms with E-state index in [2.05, 4.69) is 17.9 Å². The topological polar surface area (TPSA) is 52.7 Å². The van der Waals surface area contributed by atoms with Gasteiger partial charge in [0, 0.05) is 32.6 Å². The van der Waals surface area contributed by atoms with Crippen molar-refractivity contribution in [1.29, 1.82) is 0 Å². The second-order valence-corrected chi connectivity index (χ2v) is 6.02. The molecule has 5 nitrogen and oxygen atoms in total. The Morgan fingerprint density at radius 1 is 1.44 bits per heavy atom. The molecule has 1 aliphatic carbocycles. The molecule has 2 aliphatic heterocycles. The van der Waals surface area contributed by atoms with E-state index in [0.29, 0.717) is 32.6 Å². The summed E-state index contributed by atoms with van der Waals surface area (Å²) >= 11 is 4.34. The molecule has 0 aromatic heterocycles. The van der Waals surface area contributed by atoms with E-state index in [9.17, 15) is 9.59 Å². The Morgan fingerprint density at radius 2 is 2.22 bits per heavy atom. The molecule has 100 valence electrons. The minimum absolute atomic E-state index is 0.0149. The lowest BCUT2D eigenvalue weighted by Gasteiger charge is -2.37. The number of thiol groups is 1. The number of carbonyl (C=O) groups is 2. The lowest BCUT2D eigenvalue weighted by atomic mass is 10.0. The molecule has 0 spiro atoms. The first-order valence-electron chi connectivity index (χ1n) is 6.57. The van der Waals surface area contributed by atoms with E-state index < -0.39 is 0 Å². The second-order valence-electron chi connectivity index (χ2n) is 5.71. The zero-order valence-electron chi connectivity index (χ0n) is 10.4. The Bertz CT molecular complexity index is 384. The zero-order valence-corrected chi connectivity index (χ0v) is 11.3. The van der Waals surface area contributed by atoms with Crippen molar-refractivity contribution in [2.75, 3.05) is 31.9 Å². The van der Waals surface area contributed by atoms with Gasteiger partial charge in [0.1, 0.15) is 0 Å². The highest BCUT2D eigenvalue weighted by atomic mass is 32.1. The van der Waals surface area contributed by atoms with Crippen LogP contribution in [0.2, 0.25) is 0 Å². The van der Waals surface area contributed by atoms with Crippen LogP contribution in [0.25, 0.3) is 0 Å². The average molecular weight is 269 g/mol. The predicted molar refractivity (Wildman–Crippen MR) is 70.6 cm³/mol. The van der Waals surface area contributed by atoms with Gasteiger partial charge >= 0.3 is 6.03 Å². The fraction of sp³-hybridized carbons (Fsp3) is 0.833. The SMILES string of the molecule is O=C(CC1(CS)CC1)N1CCN2C(=O)NCC2C1. The Hall–Kier alpha value is -0.910. The number of nitrogens with zero attached hydrogens (tertiary/aromatic N) is 2. The third kappa shape index (κ3) is 2.06. The summed E-state index contributed by atoms with van der Waals surface area (Å²) in [4.78, 5) is 27.5. The van der Waals surface area contributed by atoms with Crippen LogP contribution in [0.3, 0.4) is 0 Å². The summed E-state index contributed by atoms with van der Waals surface area (Å²) in [5.74, 6) is 1.04. The third-order valence-electron chi connectivity index (χ3n) is 4.40. The molecule has 1 atom stereocenters. The largest absolute Gasteiger partial charge is 0.339 e. The maximum atomic E-state index is 12.3. The number of amides is 3. The minimum atomic E-state index is 0.0149. The molecule has 6 heteroatoms. The van der Waals surface area contributed by atoms with Crippen LogP contribution >= 0.6 is 12.6 Å². The van der Waals surface area contributed by atoms with E-state index in [0.717, 1.165) is 18.6 Å². The van der Waals surface area contributed by atoms with Crippen molar-refractivity contribution in [3.8, 4) is 0 Å². The number of carbonyl (C=O) groups excluding carboxylic acids is 2. The quantitative estimate of drug-likeness (QED) is 0.725. The van der Waals surface area contributed by atoms with Crippen molar-refractivity contribution in [2.24, 2.45) is 5.41 Å². The molecule has 0 aromatic rings. The van der Waals surface area contributed by atoms with Crippen LogP contribution in [0.15, 0.2) is 0 Å². The Kier molecular flexibility index (Phi) is 2.92. The minimum Gasteiger partial charge on any atom is -0.339 e. The van der Waals surface area contributed by atoms with E-state index in [1.165, 1.54) is 0 Å². The van der Waals surface area contributed by atoms with E-state index in [-0.39, 0.29) is 23.4 Å². The fourth-order valence-corrected chi connectivity index (χ4v) is 3.26. The van der Waals surface area contributed by atoms with Crippen molar-refractivity contribution in [3.63, 3.8) is 0 Å². The normalized spacial score (nSPS) is 28.9. The van der Waals surface area contributed by atoms with Crippen LogP contribution < -0.4 is 5.32 Å². The van der Waals surface area contributed by atoms with Gasteiger partial charge in [-0.15, -0.1) is 0 Å². The number of hydrogen-bond acceptors (Lipinski definition) is 3. The van der Waals surface area contributed by atoms with E-state index in [1.54, 1.807) is 0 Å². The van der Waals surface area contributed by atoms with Crippen molar-refractivity contribution in [1.82, 2.24) is 15.1 Å². The van der Waals surface area contributed by atoms with Gasteiger partial charge in [0.05, 0.1) is 6.04 Å². The number of rotatable bonds is 3. The maximum Gasteiger partial charge on any atom is 0.317 e. The molecule has 1 unspecified atom stereocenters. The highest BCUT2D eigenvalue weighted by molar-refractivity contribution is 7.80. The number of piperazine rings is 1. The molecule has 2 saturated heterocycles. The molecule has 1 N–H and O–H groups in total. The average Bonchev–Trinajstić information content (AvgIpc) is 3.06. The molecule has 1 saturated carbocycles. The van der Waals surface area contributed by atoms with Gasteiger partial charge in [-0.05, 0) is 24.0 Å². The summed E-state index contributed by atoms with van der Waals surface area (Å²) in [5.41, 5.74) is 0.182. The summed E-state index contributed by atoms with van der Waals surface area (Å²) in [7, 11) is 0. The molecule has 3 amide bonds. The summed E-state index contributed by atoms with van der Waals surface area (Å²) in [6, 6.07) is 0.183. The van der Waals surface area contributed by atoms with Crippen LogP contribution in [0.5, 0.6) is 0 Å². The van der Waals surface area contributed by atoms with Gasteiger partial charge in [0.25, 0.3) is 0 Å². The number of hydrogen-bond donors (Lipinski definition) is 2. The van der Waals surface area contributed by atoms with Gasteiger partial charge in [-0.25, -0.2) is 4.79 Å². The van der Waals surface area contributed by atoms with Crippen LogP contribution in [0.4, 0.5) is 4.79 Å². The Morgan fingerprint density at radius 3 is 2.89 bits per heavy atom. The first kappa shape index (κ1) is 12.1. The van der Waals surface area contributed by atoms with Gasteiger partial charge < -0.3 is 15.1 Å². The van der Waals surface area contributed by atoms with Crippen LogP contribution in [0, 0.1) is 5.41 Å². The van der Waals surface area contributed by atoms with Gasteiger partial charge in [0.15, 0.2) is 0 Å². The van der Waals surface area contributed by atoms with E-state index in [4.69, 9.17) is 0 Å². The Labute approximate surface area is 112 Å². The van der Waals surface area contributed by atoms with Gasteiger partial charge in [-0.1, -0.05) is 0 Å². The maximum absolute atomic E-state index is 12.3. The number of nitrogens with one attached hydrogen (secondary N) is 1. The lowest BCUT2D eigenvalue weighted by molar-refractivity contribution is -0.134. The summed E-state index contributed by atoms with van der Waals surface area (Å²) < 4.78 is 0. The van der Waals surface area contributed by atoms with Gasteiger partial charge in [-0.3, -0.25) is 4.79 Å². The summed E-state index contributed by atoms with van der Waals surface area (Å²) in [6.45, 7) is 2.68. The first-order valence-corrected chi connectivity index (χ1v) is 7.20. The Balaban J connectivity index is 1.58. The highest BCUT2D eigenvalue weighted by Gasteiger charge is 2.45. The fourth-order valence-electron chi connectivity index (χ4n) is 2.83. The van der Waals surface area contributed by atoms with E-state index in [1.807, 2.05) is 9.80 Å². The monoisotopic (exact) mass is 269 g/mol. The van der Waals surface area contributed by atoms with Crippen molar-refractivity contribution in [2.45, 2.75) is 25.3 Å². The standard InChI is InChI=1S/C12H19N3O2S/c16-10(5-12(8-18)1-2-12)14-3-4-15-9(7-14)6-13-11(15)17/h9,18H,1-8H2,(H,13,17). The molecule has 2 heterocycles. The van der Waals surface area contributed by atoms with Crippen LogP contribution in [-0.2, 0) is 4.79 Å². The molecule has 3 rings (SSSR count). The van der Waals surface area contributed by atoms with Crippen LogP contribution in [-0.4, -0.2) is 59.7 Å². The van der Waals surface area contributed by atoms with Crippen molar-refractivity contribution in [3.05, 3.63) is 0 Å². The summed E-state index contributed by atoms with van der Waals surface area (Å²) in [5, 5.41) is 2.83. The molecule has 18 heavy (non-hydrogen) atoms. The van der Waals surface area contributed by atoms with Gasteiger partial charge in [-0.2, -0.15) is 12.6 Å². The molecule has 0 bridgehead atoms. The van der Waals surface area contributed by atoms with Crippen molar-refractivity contribution < 1.29 is 9.59 Å². The molecular weight excluding hydrogens is 250 g/mol. The van der Waals surface area contributed by atoms with Crippen molar-refractivity contribution >= 4 is 24.6 Å². The molecule has 0 radical (unpaired) electrons. The first-order chi connectivity index (χ1) is 8.63. The number of fused-ring (bicyclic) bond motifs is 1. The second kappa shape index (κ2) is 4.33. The van der Waals surface area contributed by atoms with Gasteiger partial charge in [0.2, 0.25) is 5.91 Å². The highest BCUT2D eigenvalue weighted by Crippen LogP contribution is 2.49. The number of urea groups is 1.